The molecule has 1 aromatic carbocycles. The summed E-state index contributed by atoms with van der Waals surface area (Å²) in [5.41, 5.74) is 0.648. The molecule has 0 amide bonds. The molecule has 1 heterocycles. The van der Waals surface area contributed by atoms with Gasteiger partial charge in [0.15, 0.2) is 5.15 Å². The topological polar surface area (TPSA) is 35.0 Å². The van der Waals surface area contributed by atoms with Crippen LogP contribution in [-0.2, 0) is 6.61 Å². The van der Waals surface area contributed by atoms with Crippen molar-refractivity contribution in [1.29, 1.82) is 0 Å². The van der Waals surface area contributed by atoms with E-state index in [1.165, 1.54) is 0 Å². The maximum Gasteiger partial charge on any atom is 0.151 e. The molecule has 0 bridgehead atoms. The molecule has 7 heteroatoms. The van der Waals surface area contributed by atoms with Gasteiger partial charge >= 0.3 is 0 Å². The predicted molar refractivity (Wildman–Crippen MR) is 75.5 cm³/mol. The van der Waals surface area contributed by atoms with Crippen LogP contribution in [0.5, 0.6) is 5.75 Å². The highest BCUT2D eigenvalue weighted by molar-refractivity contribution is 9.10. The molecule has 0 saturated heterocycles. The fourth-order valence-corrected chi connectivity index (χ4v) is 2.14. The van der Waals surface area contributed by atoms with Gasteiger partial charge in [0, 0.05) is 10.5 Å². The molecule has 0 N–H and O–H groups in total. The maximum absolute atomic E-state index is 6.02. The van der Waals surface area contributed by atoms with Gasteiger partial charge in [0.1, 0.15) is 18.1 Å². The van der Waals surface area contributed by atoms with Crippen molar-refractivity contribution in [2.75, 3.05) is 0 Å². The second kappa shape index (κ2) is 6.06. The van der Waals surface area contributed by atoms with Crippen LogP contribution in [0.15, 0.2) is 28.7 Å². The molecule has 0 unspecified atom stereocenters. The summed E-state index contributed by atoms with van der Waals surface area (Å²) in [5, 5.41) is 8.91. The summed E-state index contributed by atoms with van der Waals surface area (Å²) in [7, 11) is 0. The largest absolute Gasteiger partial charge is 0.486 e. The summed E-state index contributed by atoms with van der Waals surface area (Å²) in [6, 6.07) is 6.68. The molecule has 2 aromatic rings. The van der Waals surface area contributed by atoms with Crippen molar-refractivity contribution < 1.29 is 4.74 Å². The predicted octanol–water partition coefficient (Wildman–Crippen LogP) is 4.78. The number of nitrogens with zero attached hydrogens (tertiary/aromatic N) is 2. The molecule has 0 fully saturated rings. The number of ether oxygens (including phenoxy) is 1. The van der Waals surface area contributed by atoms with E-state index in [0.29, 0.717) is 31.1 Å². The number of benzene rings is 1. The van der Waals surface area contributed by atoms with Gasteiger partial charge in [-0.1, -0.05) is 34.8 Å². The summed E-state index contributed by atoms with van der Waals surface area (Å²) < 4.78 is 6.23. The Hall–Kier alpha value is -0.550. The second-order valence-electron chi connectivity index (χ2n) is 3.33. The standard InChI is InChI=1S/C11H6BrCl3N2O/c12-7-3-9(14)10(4-8(7)13)18-5-6-1-2-11(15)17-16-6/h1-4H,5H2. The van der Waals surface area contributed by atoms with Crippen molar-refractivity contribution in [3.63, 3.8) is 0 Å². The number of halogens is 4. The van der Waals surface area contributed by atoms with Crippen molar-refractivity contribution in [2.45, 2.75) is 6.61 Å². The normalized spacial score (nSPS) is 10.4. The lowest BCUT2D eigenvalue weighted by atomic mass is 10.3. The van der Waals surface area contributed by atoms with Crippen LogP contribution in [0.25, 0.3) is 0 Å². The van der Waals surface area contributed by atoms with Crippen LogP contribution in [0, 0.1) is 0 Å². The lowest BCUT2D eigenvalue weighted by Crippen LogP contribution is -2.00. The molecule has 0 aliphatic carbocycles. The van der Waals surface area contributed by atoms with E-state index >= 15 is 0 Å². The van der Waals surface area contributed by atoms with Crippen molar-refractivity contribution in [1.82, 2.24) is 10.2 Å². The SMILES string of the molecule is Clc1ccc(COc2cc(Cl)c(Br)cc2Cl)nn1. The van der Waals surface area contributed by atoms with E-state index in [4.69, 9.17) is 39.5 Å². The van der Waals surface area contributed by atoms with Gasteiger partial charge in [0.25, 0.3) is 0 Å². The number of rotatable bonds is 3. The minimum absolute atomic E-state index is 0.238. The first-order chi connectivity index (χ1) is 8.56. The summed E-state index contributed by atoms with van der Waals surface area (Å²) in [5.74, 6) is 0.488. The molecule has 0 spiro atoms. The highest BCUT2D eigenvalue weighted by Gasteiger charge is 2.07. The maximum atomic E-state index is 6.02. The van der Waals surface area contributed by atoms with Crippen molar-refractivity contribution in [3.05, 3.63) is 49.6 Å². The molecule has 1 aromatic heterocycles. The number of hydrogen-bond acceptors (Lipinski definition) is 3. The van der Waals surface area contributed by atoms with Crippen LogP contribution >= 0.6 is 50.7 Å². The summed E-state index contributed by atoms with van der Waals surface area (Å²) >= 11 is 20.9. The van der Waals surface area contributed by atoms with Gasteiger partial charge in [-0.25, -0.2) is 0 Å². The highest BCUT2D eigenvalue weighted by atomic mass is 79.9. The third-order valence-corrected chi connectivity index (χ3v) is 3.73. The zero-order valence-electron chi connectivity index (χ0n) is 8.83. The quantitative estimate of drug-likeness (QED) is 0.732. The number of aromatic nitrogens is 2. The molecule has 0 atom stereocenters. The van der Waals surface area contributed by atoms with E-state index in [1.54, 1.807) is 24.3 Å². The molecule has 3 nitrogen and oxygen atoms in total. The Kier molecular flexibility index (Phi) is 4.67. The molecule has 2 rings (SSSR count). The van der Waals surface area contributed by atoms with Gasteiger partial charge < -0.3 is 4.74 Å². The molecular formula is C11H6BrCl3N2O. The molecule has 0 aliphatic rings. The Morgan fingerprint density at radius 1 is 1.06 bits per heavy atom. The average molecular weight is 368 g/mol. The number of hydrogen-bond donors (Lipinski definition) is 0. The van der Waals surface area contributed by atoms with E-state index in [9.17, 15) is 0 Å². The minimum Gasteiger partial charge on any atom is -0.486 e. The van der Waals surface area contributed by atoms with Crippen LogP contribution in [-0.4, -0.2) is 10.2 Å². The molecule has 94 valence electrons. The Bertz CT molecular complexity index is 563. The first-order valence-corrected chi connectivity index (χ1v) is 6.74. The van der Waals surface area contributed by atoms with Crippen LogP contribution < -0.4 is 4.74 Å². The van der Waals surface area contributed by atoms with Crippen LogP contribution in [0.4, 0.5) is 0 Å². The van der Waals surface area contributed by atoms with Crippen molar-refractivity contribution >= 4 is 50.7 Å². The minimum atomic E-state index is 0.238. The van der Waals surface area contributed by atoms with Crippen LogP contribution in [0.2, 0.25) is 15.2 Å². The van der Waals surface area contributed by atoms with Gasteiger partial charge in [-0.15, -0.1) is 5.10 Å². The van der Waals surface area contributed by atoms with Crippen molar-refractivity contribution in [3.8, 4) is 5.75 Å². The molecule has 0 saturated carbocycles. The van der Waals surface area contributed by atoms with E-state index in [1.807, 2.05) is 0 Å². The zero-order valence-corrected chi connectivity index (χ0v) is 12.7. The molecule has 0 radical (unpaired) electrons. The lowest BCUT2D eigenvalue weighted by Gasteiger charge is -2.08. The Labute approximate surface area is 127 Å². The van der Waals surface area contributed by atoms with E-state index in [0.717, 1.165) is 0 Å². The second-order valence-corrected chi connectivity index (χ2v) is 5.39. The van der Waals surface area contributed by atoms with Gasteiger partial charge in [0.2, 0.25) is 0 Å². The third kappa shape index (κ3) is 3.48. The lowest BCUT2D eigenvalue weighted by molar-refractivity contribution is 0.300. The van der Waals surface area contributed by atoms with Gasteiger partial charge in [-0.2, -0.15) is 5.10 Å². The van der Waals surface area contributed by atoms with Gasteiger partial charge in [-0.3, -0.25) is 0 Å². The highest BCUT2D eigenvalue weighted by Crippen LogP contribution is 2.34. The molecular weight excluding hydrogens is 362 g/mol. The molecule has 0 aliphatic heterocycles. The summed E-state index contributed by atoms with van der Waals surface area (Å²) in [4.78, 5) is 0. The summed E-state index contributed by atoms with van der Waals surface area (Å²) in [6.07, 6.45) is 0. The van der Waals surface area contributed by atoms with E-state index in [-0.39, 0.29) is 6.61 Å². The fourth-order valence-electron chi connectivity index (χ4n) is 1.19. The van der Waals surface area contributed by atoms with E-state index < -0.39 is 0 Å². The Morgan fingerprint density at radius 2 is 1.83 bits per heavy atom. The van der Waals surface area contributed by atoms with Gasteiger partial charge in [0.05, 0.1) is 10.0 Å². The van der Waals surface area contributed by atoms with Crippen LogP contribution in [0.3, 0.4) is 0 Å². The first kappa shape index (κ1) is 13.9. The summed E-state index contributed by atoms with van der Waals surface area (Å²) in [6.45, 7) is 0.238. The van der Waals surface area contributed by atoms with Crippen molar-refractivity contribution in [2.24, 2.45) is 0 Å². The third-order valence-electron chi connectivity index (χ3n) is 2.04. The first-order valence-electron chi connectivity index (χ1n) is 4.81. The monoisotopic (exact) mass is 366 g/mol. The zero-order chi connectivity index (χ0) is 13.1. The molecule has 18 heavy (non-hydrogen) atoms. The van der Waals surface area contributed by atoms with Crippen LogP contribution in [0.1, 0.15) is 5.69 Å². The Morgan fingerprint density at radius 3 is 2.50 bits per heavy atom. The fraction of sp³-hybridized carbons (Fsp3) is 0.0909. The smallest absolute Gasteiger partial charge is 0.151 e. The average Bonchev–Trinajstić information content (AvgIpc) is 2.34. The van der Waals surface area contributed by atoms with Gasteiger partial charge in [-0.05, 0) is 34.1 Å². The van der Waals surface area contributed by atoms with E-state index in [2.05, 4.69) is 26.1 Å². The Balaban J connectivity index is 2.10.